The number of hydrogen-bond acceptors (Lipinski definition) is 3. The fourth-order valence-corrected chi connectivity index (χ4v) is 2.49. The number of carbonyl (C=O) groups is 1. The van der Waals surface area contributed by atoms with Crippen molar-refractivity contribution in [2.75, 3.05) is 13.6 Å². The Labute approximate surface area is 125 Å². The van der Waals surface area contributed by atoms with Crippen molar-refractivity contribution in [2.45, 2.75) is 39.7 Å². The second kappa shape index (κ2) is 6.56. The minimum absolute atomic E-state index is 0.0827. The monoisotopic (exact) mass is 289 g/mol. The number of likely N-dealkylation sites (N-methyl/N-ethyl adjacent to an activating group) is 1. The Kier molecular flexibility index (Phi) is 4.77. The summed E-state index contributed by atoms with van der Waals surface area (Å²) in [6, 6.07) is 1.57. The van der Waals surface area contributed by atoms with E-state index in [-0.39, 0.29) is 11.9 Å². The Bertz CT molecular complexity index is 568. The Morgan fingerprint density at radius 2 is 2.24 bits per heavy atom. The normalized spacial score (nSPS) is 12.4. The molecule has 0 bridgehead atoms. The molecule has 1 N–H and O–H groups in total. The number of nitrogens with zero attached hydrogens (tertiary/aromatic N) is 4. The summed E-state index contributed by atoms with van der Waals surface area (Å²) in [5, 5.41) is 11.3. The molecular weight excluding hydrogens is 266 g/mol. The number of nitrogens with one attached hydrogen (secondary N) is 1. The molecule has 2 rings (SSSR count). The number of hydrogen-bond donors (Lipinski definition) is 1. The van der Waals surface area contributed by atoms with E-state index in [2.05, 4.69) is 15.3 Å². The summed E-state index contributed by atoms with van der Waals surface area (Å²) in [6.45, 7) is 6.64. The van der Waals surface area contributed by atoms with Crippen molar-refractivity contribution < 1.29 is 4.79 Å². The Morgan fingerprint density at radius 1 is 1.48 bits per heavy atom. The first-order valence-corrected chi connectivity index (χ1v) is 7.25. The van der Waals surface area contributed by atoms with E-state index in [0.29, 0.717) is 0 Å². The van der Waals surface area contributed by atoms with Crippen molar-refractivity contribution >= 4 is 5.91 Å². The van der Waals surface area contributed by atoms with Crippen LogP contribution in [0, 0.1) is 13.8 Å². The SMILES string of the molecule is Cc1n[nH]c(C)c1CCCN(C)C(=O)[C@H](C)n1cccn1. The molecule has 6 nitrogen and oxygen atoms in total. The van der Waals surface area contributed by atoms with Crippen molar-refractivity contribution in [3.8, 4) is 0 Å². The number of H-pyrrole nitrogens is 1. The van der Waals surface area contributed by atoms with E-state index >= 15 is 0 Å². The van der Waals surface area contributed by atoms with Gasteiger partial charge in [-0.2, -0.15) is 10.2 Å². The molecule has 0 radical (unpaired) electrons. The topological polar surface area (TPSA) is 66.8 Å². The third-order valence-electron chi connectivity index (χ3n) is 3.86. The number of aryl methyl sites for hydroxylation is 2. The highest BCUT2D eigenvalue weighted by atomic mass is 16.2. The van der Waals surface area contributed by atoms with Crippen molar-refractivity contribution in [2.24, 2.45) is 0 Å². The maximum atomic E-state index is 12.3. The minimum atomic E-state index is -0.262. The van der Waals surface area contributed by atoms with Gasteiger partial charge in [-0.25, -0.2) is 0 Å². The number of carbonyl (C=O) groups excluding carboxylic acids is 1. The molecular formula is C15H23N5O. The molecule has 6 heteroatoms. The van der Waals surface area contributed by atoms with Crippen LogP contribution < -0.4 is 0 Å². The number of aromatic amines is 1. The van der Waals surface area contributed by atoms with E-state index in [0.717, 1.165) is 30.8 Å². The summed E-state index contributed by atoms with van der Waals surface area (Å²) < 4.78 is 1.68. The summed E-state index contributed by atoms with van der Waals surface area (Å²) in [7, 11) is 1.84. The number of rotatable bonds is 6. The largest absolute Gasteiger partial charge is 0.344 e. The van der Waals surface area contributed by atoms with E-state index in [1.54, 1.807) is 15.8 Å². The molecule has 0 aliphatic heterocycles. The lowest BCUT2D eigenvalue weighted by Gasteiger charge is -2.21. The number of amides is 1. The summed E-state index contributed by atoms with van der Waals surface area (Å²) in [5.41, 5.74) is 3.42. The molecule has 1 amide bonds. The highest BCUT2D eigenvalue weighted by Gasteiger charge is 2.19. The van der Waals surface area contributed by atoms with Crippen LogP contribution in [0.1, 0.15) is 36.3 Å². The van der Waals surface area contributed by atoms with Crippen LogP contribution in [0.5, 0.6) is 0 Å². The predicted molar refractivity (Wildman–Crippen MR) is 81.0 cm³/mol. The Morgan fingerprint density at radius 3 is 2.81 bits per heavy atom. The van der Waals surface area contributed by atoms with Gasteiger partial charge in [0.2, 0.25) is 5.91 Å². The van der Waals surface area contributed by atoms with Crippen LogP contribution >= 0.6 is 0 Å². The van der Waals surface area contributed by atoms with Crippen LogP contribution in [0.25, 0.3) is 0 Å². The molecule has 2 aromatic rings. The molecule has 0 fully saturated rings. The van der Waals surface area contributed by atoms with Gasteiger partial charge in [0.1, 0.15) is 6.04 Å². The zero-order chi connectivity index (χ0) is 15.4. The van der Waals surface area contributed by atoms with E-state index in [1.165, 1.54) is 5.56 Å². The van der Waals surface area contributed by atoms with Crippen LogP contribution in [-0.4, -0.2) is 44.4 Å². The van der Waals surface area contributed by atoms with Crippen LogP contribution in [0.3, 0.4) is 0 Å². The van der Waals surface area contributed by atoms with Gasteiger partial charge in [-0.15, -0.1) is 0 Å². The molecule has 0 aromatic carbocycles. The summed E-state index contributed by atoms with van der Waals surface area (Å²) >= 11 is 0. The Balaban J connectivity index is 1.84. The molecule has 2 aromatic heterocycles. The summed E-state index contributed by atoms with van der Waals surface area (Å²) in [5.74, 6) is 0.0827. The Hall–Kier alpha value is -2.11. The van der Waals surface area contributed by atoms with Gasteiger partial charge >= 0.3 is 0 Å². The molecule has 2 heterocycles. The van der Waals surface area contributed by atoms with Crippen molar-refractivity contribution in [1.82, 2.24) is 24.9 Å². The third kappa shape index (κ3) is 3.51. The minimum Gasteiger partial charge on any atom is -0.344 e. The smallest absolute Gasteiger partial charge is 0.246 e. The van der Waals surface area contributed by atoms with Crippen LogP contribution in [-0.2, 0) is 11.2 Å². The second-order valence-corrected chi connectivity index (χ2v) is 5.44. The van der Waals surface area contributed by atoms with Gasteiger partial charge in [0, 0.05) is 31.7 Å². The molecule has 1 atom stereocenters. The van der Waals surface area contributed by atoms with Gasteiger partial charge in [-0.05, 0) is 45.2 Å². The van der Waals surface area contributed by atoms with E-state index < -0.39 is 0 Å². The van der Waals surface area contributed by atoms with Crippen molar-refractivity contribution in [1.29, 1.82) is 0 Å². The van der Waals surface area contributed by atoms with Crippen molar-refractivity contribution in [3.05, 3.63) is 35.4 Å². The first kappa shape index (κ1) is 15.3. The molecule has 114 valence electrons. The zero-order valence-corrected chi connectivity index (χ0v) is 13.1. The summed E-state index contributed by atoms with van der Waals surface area (Å²) in [6.07, 6.45) is 5.36. The van der Waals surface area contributed by atoms with Gasteiger partial charge in [0.15, 0.2) is 0 Å². The average molecular weight is 289 g/mol. The first-order chi connectivity index (χ1) is 10.0. The van der Waals surface area contributed by atoms with Crippen LogP contribution in [0.2, 0.25) is 0 Å². The fourth-order valence-electron chi connectivity index (χ4n) is 2.49. The summed E-state index contributed by atoms with van der Waals surface area (Å²) in [4.78, 5) is 14.1. The molecule has 0 spiro atoms. The third-order valence-corrected chi connectivity index (χ3v) is 3.86. The van der Waals surface area contributed by atoms with Gasteiger partial charge in [0.25, 0.3) is 0 Å². The molecule has 0 saturated heterocycles. The highest BCUT2D eigenvalue weighted by molar-refractivity contribution is 5.79. The van der Waals surface area contributed by atoms with Crippen molar-refractivity contribution in [3.63, 3.8) is 0 Å². The van der Waals surface area contributed by atoms with E-state index in [1.807, 2.05) is 40.1 Å². The molecule has 21 heavy (non-hydrogen) atoms. The lowest BCUT2D eigenvalue weighted by atomic mass is 10.1. The van der Waals surface area contributed by atoms with Crippen LogP contribution in [0.15, 0.2) is 18.5 Å². The molecule has 0 aliphatic carbocycles. The lowest BCUT2D eigenvalue weighted by Crippen LogP contribution is -2.34. The average Bonchev–Trinajstić information content (AvgIpc) is 3.10. The van der Waals surface area contributed by atoms with Gasteiger partial charge in [-0.1, -0.05) is 0 Å². The second-order valence-electron chi connectivity index (χ2n) is 5.44. The quantitative estimate of drug-likeness (QED) is 0.883. The van der Waals surface area contributed by atoms with E-state index in [4.69, 9.17) is 0 Å². The first-order valence-electron chi connectivity index (χ1n) is 7.25. The molecule has 0 saturated carbocycles. The van der Waals surface area contributed by atoms with Gasteiger partial charge in [0.05, 0.1) is 5.69 Å². The van der Waals surface area contributed by atoms with Gasteiger partial charge < -0.3 is 4.90 Å². The van der Waals surface area contributed by atoms with Gasteiger partial charge in [-0.3, -0.25) is 14.6 Å². The molecule has 0 aliphatic rings. The standard InChI is InChI=1S/C15H23N5O/c1-11-14(12(2)18-17-11)7-5-9-19(4)15(21)13(3)20-10-6-8-16-20/h6,8,10,13H,5,7,9H2,1-4H3,(H,17,18)/t13-/m0/s1. The maximum absolute atomic E-state index is 12.3. The highest BCUT2D eigenvalue weighted by Crippen LogP contribution is 2.13. The molecule has 0 unspecified atom stereocenters. The van der Waals surface area contributed by atoms with E-state index in [9.17, 15) is 4.79 Å². The van der Waals surface area contributed by atoms with Crippen LogP contribution in [0.4, 0.5) is 0 Å². The zero-order valence-electron chi connectivity index (χ0n) is 13.1. The lowest BCUT2D eigenvalue weighted by molar-refractivity contribution is -0.133. The predicted octanol–water partition coefficient (Wildman–Crippen LogP) is 1.88. The number of aromatic nitrogens is 4. The maximum Gasteiger partial charge on any atom is 0.246 e. The fraction of sp³-hybridized carbons (Fsp3) is 0.533.